The molecule has 2 unspecified atom stereocenters. The predicted octanol–water partition coefficient (Wildman–Crippen LogP) is 1.83. The van der Waals surface area contributed by atoms with E-state index in [2.05, 4.69) is 5.32 Å². The largest absolute Gasteiger partial charge is 0.312 e. The molecule has 0 bridgehead atoms. The van der Waals surface area contributed by atoms with Gasteiger partial charge in [0.15, 0.2) is 9.84 Å². The van der Waals surface area contributed by atoms with E-state index >= 15 is 0 Å². The van der Waals surface area contributed by atoms with E-state index in [1.54, 1.807) is 20.0 Å². The van der Waals surface area contributed by atoms with Crippen LogP contribution in [0.3, 0.4) is 0 Å². The highest BCUT2D eigenvalue weighted by atomic mass is 32.2. The highest BCUT2D eigenvalue weighted by Crippen LogP contribution is 2.25. The summed E-state index contributed by atoms with van der Waals surface area (Å²) in [6.07, 6.45) is 1.19. The molecule has 0 aromatic heterocycles. The van der Waals surface area contributed by atoms with E-state index in [0.717, 1.165) is 5.56 Å². The molecule has 0 aliphatic heterocycles. The number of benzene rings is 1. The standard InChI is InChI=1S/C12H18FNO2S/c1-8-5-6-10(13)7-11(8)12(14-3)9(2)17(4,15)16/h5-7,9,12,14H,1-4H3. The van der Waals surface area contributed by atoms with Crippen molar-refractivity contribution in [2.75, 3.05) is 13.3 Å². The maximum atomic E-state index is 13.2. The topological polar surface area (TPSA) is 46.2 Å². The fourth-order valence-electron chi connectivity index (χ4n) is 1.84. The number of nitrogens with one attached hydrogen (secondary N) is 1. The van der Waals surface area contributed by atoms with Crippen molar-refractivity contribution >= 4 is 9.84 Å². The van der Waals surface area contributed by atoms with E-state index in [0.29, 0.717) is 5.56 Å². The van der Waals surface area contributed by atoms with Crippen LogP contribution in [0, 0.1) is 12.7 Å². The summed E-state index contributed by atoms with van der Waals surface area (Å²) in [5.41, 5.74) is 1.56. The molecule has 0 heterocycles. The summed E-state index contributed by atoms with van der Waals surface area (Å²) in [7, 11) is -1.50. The number of aryl methyl sites for hydroxylation is 1. The van der Waals surface area contributed by atoms with Gasteiger partial charge in [0.1, 0.15) is 5.82 Å². The Bertz CT molecular complexity index is 499. The van der Waals surface area contributed by atoms with Gasteiger partial charge in [-0.1, -0.05) is 6.07 Å². The molecule has 0 radical (unpaired) electrons. The molecule has 1 aromatic rings. The lowest BCUT2D eigenvalue weighted by molar-refractivity contribution is 0.529. The zero-order valence-corrected chi connectivity index (χ0v) is 11.3. The first-order valence-electron chi connectivity index (χ1n) is 5.39. The fourth-order valence-corrected chi connectivity index (χ4v) is 2.61. The van der Waals surface area contributed by atoms with Crippen LogP contribution in [-0.2, 0) is 9.84 Å². The van der Waals surface area contributed by atoms with Gasteiger partial charge < -0.3 is 5.32 Å². The first-order valence-corrected chi connectivity index (χ1v) is 7.35. The zero-order chi connectivity index (χ0) is 13.2. The quantitative estimate of drug-likeness (QED) is 0.897. The molecule has 96 valence electrons. The van der Waals surface area contributed by atoms with Crippen LogP contribution in [-0.4, -0.2) is 27.0 Å². The van der Waals surface area contributed by atoms with Gasteiger partial charge in [-0.3, -0.25) is 0 Å². The Kier molecular flexibility index (Phi) is 4.27. The Balaban J connectivity index is 3.23. The van der Waals surface area contributed by atoms with Crippen LogP contribution in [0.2, 0.25) is 0 Å². The third-order valence-corrected chi connectivity index (χ3v) is 4.65. The average molecular weight is 259 g/mol. The van der Waals surface area contributed by atoms with Gasteiger partial charge in [0, 0.05) is 12.3 Å². The molecular weight excluding hydrogens is 241 g/mol. The van der Waals surface area contributed by atoms with Crippen molar-refractivity contribution in [2.45, 2.75) is 25.1 Å². The minimum absolute atomic E-state index is 0.355. The predicted molar refractivity (Wildman–Crippen MR) is 67.2 cm³/mol. The maximum absolute atomic E-state index is 13.2. The molecule has 5 heteroatoms. The number of rotatable bonds is 4. The first kappa shape index (κ1) is 14.1. The van der Waals surface area contributed by atoms with E-state index in [9.17, 15) is 12.8 Å². The summed E-state index contributed by atoms with van der Waals surface area (Å²) < 4.78 is 36.4. The molecule has 0 spiro atoms. The summed E-state index contributed by atoms with van der Waals surface area (Å²) in [6.45, 7) is 3.47. The highest BCUT2D eigenvalue weighted by Gasteiger charge is 2.27. The summed E-state index contributed by atoms with van der Waals surface area (Å²) in [5, 5.41) is 2.34. The molecule has 0 fully saturated rings. The Morgan fingerprint density at radius 1 is 1.35 bits per heavy atom. The van der Waals surface area contributed by atoms with Crippen molar-refractivity contribution in [2.24, 2.45) is 0 Å². The van der Waals surface area contributed by atoms with Gasteiger partial charge in [0.2, 0.25) is 0 Å². The second-order valence-electron chi connectivity index (χ2n) is 4.30. The second kappa shape index (κ2) is 5.14. The molecule has 1 N–H and O–H groups in total. The Morgan fingerprint density at radius 2 is 1.94 bits per heavy atom. The van der Waals surface area contributed by atoms with E-state index in [-0.39, 0.29) is 5.82 Å². The Hall–Kier alpha value is -0.940. The molecule has 0 aliphatic rings. The van der Waals surface area contributed by atoms with Crippen molar-refractivity contribution < 1.29 is 12.8 Å². The van der Waals surface area contributed by atoms with Crippen molar-refractivity contribution in [1.29, 1.82) is 0 Å². The Morgan fingerprint density at radius 3 is 2.41 bits per heavy atom. The summed E-state index contributed by atoms with van der Waals surface area (Å²) in [6, 6.07) is 4.01. The molecule has 0 aliphatic carbocycles. The van der Waals surface area contributed by atoms with Gasteiger partial charge in [-0.15, -0.1) is 0 Å². The number of hydrogen-bond acceptors (Lipinski definition) is 3. The van der Waals surface area contributed by atoms with Crippen LogP contribution >= 0.6 is 0 Å². The lowest BCUT2D eigenvalue weighted by Crippen LogP contribution is -2.33. The van der Waals surface area contributed by atoms with E-state index in [1.807, 2.05) is 6.92 Å². The molecule has 2 atom stereocenters. The van der Waals surface area contributed by atoms with Gasteiger partial charge in [-0.25, -0.2) is 12.8 Å². The highest BCUT2D eigenvalue weighted by molar-refractivity contribution is 7.91. The number of sulfone groups is 1. The molecule has 0 amide bonds. The first-order chi connectivity index (χ1) is 7.77. The van der Waals surface area contributed by atoms with Crippen LogP contribution in [0.5, 0.6) is 0 Å². The third-order valence-electron chi connectivity index (χ3n) is 3.03. The summed E-state index contributed by atoms with van der Waals surface area (Å²) in [5.74, 6) is -0.355. The van der Waals surface area contributed by atoms with Crippen molar-refractivity contribution in [3.63, 3.8) is 0 Å². The van der Waals surface area contributed by atoms with Crippen LogP contribution in [0.15, 0.2) is 18.2 Å². The summed E-state index contributed by atoms with van der Waals surface area (Å²) >= 11 is 0. The molecule has 1 aromatic carbocycles. The van der Waals surface area contributed by atoms with Crippen molar-refractivity contribution in [1.82, 2.24) is 5.32 Å². The number of halogens is 1. The van der Waals surface area contributed by atoms with Gasteiger partial charge in [-0.2, -0.15) is 0 Å². The van der Waals surface area contributed by atoms with Crippen molar-refractivity contribution in [3.05, 3.63) is 35.1 Å². The minimum Gasteiger partial charge on any atom is -0.312 e. The van der Waals surface area contributed by atoms with Gasteiger partial charge in [0.25, 0.3) is 0 Å². The fraction of sp³-hybridized carbons (Fsp3) is 0.500. The lowest BCUT2D eigenvalue weighted by Gasteiger charge is -2.24. The van der Waals surface area contributed by atoms with Crippen LogP contribution < -0.4 is 5.32 Å². The van der Waals surface area contributed by atoms with E-state index in [4.69, 9.17) is 0 Å². The monoisotopic (exact) mass is 259 g/mol. The molecule has 17 heavy (non-hydrogen) atoms. The van der Waals surface area contributed by atoms with Gasteiger partial charge >= 0.3 is 0 Å². The van der Waals surface area contributed by atoms with Crippen LogP contribution in [0.25, 0.3) is 0 Å². The molecular formula is C12H18FNO2S. The Labute approximate surface area is 102 Å². The van der Waals surface area contributed by atoms with E-state index < -0.39 is 21.1 Å². The van der Waals surface area contributed by atoms with E-state index in [1.165, 1.54) is 18.4 Å². The average Bonchev–Trinajstić information content (AvgIpc) is 2.22. The van der Waals surface area contributed by atoms with Gasteiger partial charge in [-0.05, 0) is 44.2 Å². The zero-order valence-electron chi connectivity index (χ0n) is 10.5. The smallest absolute Gasteiger partial charge is 0.151 e. The van der Waals surface area contributed by atoms with Crippen LogP contribution in [0.4, 0.5) is 4.39 Å². The van der Waals surface area contributed by atoms with Crippen LogP contribution in [0.1, 0.15) is 24.1 Å². The normalized spacial score (nSPS) is 15.6. The second-order valence-corrected chi connectivity index (χ2v) is 6.70. The molecule has 3 nitrogen and oxygen atoms in total. The number of hydrogen-bond donors (Lipinski definition) is 1. The molecule has 1 rings (SSSR count). The molecule has 0 saturated heterocycles. The minimum atomic E-state index is -3.18. The third kappa shape index (κ3) is 3.26. The molecule has 0 saturated carbocycles. The lowest BCUT2D eigenvalue weighted by atomic mass is 9.99. The van der Waals surface area contributed by atoms with Gasteiger partial charge in [0.05, 0.1) is 5.25 Å². The summed E-state index contributed by atoms with van der Waals surface area (Å²) in [4.78, 5) is 0. The SMILES string of the molecule is CNC(c1cc(F)ccc1C)C(C)S(C)(=O)=O. The maximum Gasteiger partial charge on any atom is 0.151 e. The van der Waals surface area contributed by atoms with Crippen molar-refractivity contribution in [3.8, 4) is 0 Å².